The van der Waals surface area contributed by atoms with E-state index in [2.05, 4.69) is 23.6 Å². The first-order chi connectivity index (χ1) is 13.7. The summed E-state index contributed by atoms with van der Waals surface area (Å²) in [5, 5.41) is 0. The molecule has 1 heterocycles. The van der Waals surface area contributed by atoms with E-state index in [0.29, 0.717) is 17.9 Å². The zero-order valence-electron chi connectivity index (χ0n) is 17.3. The lowest BCUT2D eigenvalue weighted by Crippen LogP contribution is -2.43. The monoisotopic (exact) mass is 405 g/mol. The van der Waals surface area contributed by atoms with Crippen molar-refractivity contribution in [3.8, 4) is 0 Å². The maximum atomic E-state index is 12.8. The fraction of sp³-hybridized carbons (Fsp3) is 0.652. The molecule has 1 atom stereocenters. The van der Waals surface area contributed by atoms with Gasteiger partial charge in [0.15, 0.2) is 0 Å². The van der Waals surface area contributed by atoms with E-state index < -0.39 is 0 Å². The Bertz CT molecular complexity index is 615. The molecule has 0 aromatic heterocycles. The van der Waals surface area contributed by atoms with Crippen molar-refractivity contribution in [2.24, 2.45) is 10.2 Å². The van der Waals surface area contributed by atoms with Crippen LogP contribution in [0, 0.1) is 0 Å². The minimum Gasteiger partial charge on any atom is -0.384 e. The maximum Gasteiger partial charge on any atom is 0.254 e. The molecule has 0 radical (unpaired) electrons. The van der Waals surface area contributed by atoms with Gasteiger partial charge in [0.1, 0.15) is 5.84 Å². The number of nitrogens with zero attached hydrogens (tertiary/aromatic N) is 2. The van der Waals surface area contributed by atoms with Crippen LogP contribution in [0.15, 0.2) is 28.8 Å². The zero-order chi connectivity index (χ0) is 20.2. The summed E-state index contributed by atoms with van der Waals surface area (Å²) >= 11 is 5.50. The predicted octanol–water partition coefficient (Wildman–Crippen LogP) is 5.88. The van der Waals surface area contributed by atoms with E-state index in [4.69, 9.17) is 17.5 Å². The van der Waals surface area contributed by atoms with Crippen molar-refractivity contribution in [3.63, 3.8) is 0 Å². The van der Waals surface area contributed by atoms with Crippen LogP contribution in [0.5, 0.6) is 0 Å². The predicted molar refractivity (Wildman–Crippen MR) is 119 cm³/mol. The molecule has 1 fully saturated rings. The minimum absolute atomic E-state index is 0.0142. The number of benzene rings is 1. The van der Waals surface area contributed by atoms with E-state index in [0.717, 1.165) is 19.3 Å². The number of halogens is 1. The first-order valence-corrected chi connectivity index (χ1v) is 11.4. The number of amidine groups is 1. The second kappa shape index (κ2) is 12.8. The van der Waals surface area contributed by atoms with Gasteiger partial charge in [-0.3, -0.25) is 4.79 Å². The van der Waals surface area contributed by atoms with Crippen molar-refractivity contribution in [1.82, 2.24) is 4.90 Å². The van der Waals surface area contributed by atoms with Crippen molar-refractivity contribution < 1.29 is 4.79 Å². The average molecular weight is 406 g/mol. The molecule has 1 aromatic rings. The molecule has 1 saturated heterocycles. The molecule has 0 saturated carbocycles. The second-order valence-corrected chi connectivity index (χ2v) is 8.11. The van der Waals surface area contributed by atoms with Gasteiger partial charge in [-0.25, -0.2) is 0 Å². The van der Waals surface area contributed by atoms with E-state index in [1.165, 1.54) is 63.4 Å². The average Bonchev–Trinajstić information content (AvgIpc) is 3.22. The SMILES string of the molecule is CCCCCCCCCCCc1ccc(C(=O)N2CCC[C@H]2/C(N)=N\Cl)cc1. The lowest BCUT2D eigenvalue weighted by molar-refractivity contribution is 0.0769. The molecule has 0 unspecified atom stereocenters. The van der Waals surface area contributed by atoms with Gasteiger partial charge in [-0.1, -0.05) is 70.4 Å². The molecule has 28 heavy (non-hydrogen) atoms. The molecule has 0 bridgehead atoms. The van der Waals surface area contributed by atoms with Crippen molar-refractivity contribution in [3.05, 3.63) is 35.4 Å². The molecular formula is C23H36ClN3O. The molecule has 5 heteroatoms. The number of hydrogen-bond acceptors (Lipinski definition) is 2. The number of rotatable bonds is 12. The van der Waals surface area contributed by atoms with Crippen LogP contribution >= 0.6 is 11.8 Å². The Balaban J connectivity index is 1.70. The maximum absolute atomic E-state index is 12.8. The van der Waals surface area contributed by atoms with Gasteiger partial charge in [0, 0.05) is 23.9 Å². The van der Waals surface area contributed by atoms with Gasteiger partial charge in [0.2, 0.25) is 0 Å². The lowest BCUT2D eigenvalue weighted by atomic mass is 10.0. The molecule has 156 valence electrons. The highest BCUT2D eigenvalue weighted by molar-refractivity contribution is 6.20. The quantitative estimate of drug-likeness (QED) is 0.268. The van der Waals surface area contributed by atoms with Gasteiger partial charge in [0.05, 0.1) is 6.04 Å². The van der Waals surface area contributed by atoms with Crippen LogP contribution in [0.25, 0.3) is 0 Å². The Labute approximate surface area is 175 Å². The number of aryl methyl sites for hydroxylation is 1. The Kier molecular flexibility index (Phi) is 10.4. The summed E-state index contributed by atoms with van der Waals surface area (Å²) in [5.74, 6) is 0.342. The Morgan fingerprint density at radius 2 is 1.68 bits per heavy atom. The third kappa shape index (κ3) is 7.12. The summed E-state index contributed by atoms with van der Waals surface area (Å²) in [4.78, 5) is 14.6. The molecule has 1 amide bonds. The summed E-state index contributed by atoms with van der Waals surface area (Å²) in [6.07, 6.45) is 14.9. The fourth-order valence-electron chi connectivity index (χ4n) is 3.99. The van der Waals surface area contributed by atoms with Crippen molar-refractivity contribution >= 4 is 23.5 Å². The molecular weight excluding hydrogens is 370 g/mol. The molecule has 0 aliphatic carbocycles. The fourth-order valence-corrected chi connectivity index (χ4v) is 4.11. The minimum atomic E-state index is -0.174. The number of nitrogens with two attached hydrogens (primary N) is 1. The van der Waals surface area contributed by atoms with E-state index >= 15 is 0 Å². The third-order valence-corrected chi connectivity index (χ3v) is 5.92. The summed E-state index contributed by atoms with van der Waals surface area (Å²) in [6, 6.07) is 7.87. The van der Waals surface area contributed by atoms with Crippen LogP contribution in [0.1, 0.15) is 93.5 Å². The number of carbonyl (C=O) groups excluding carboxylic acids is 1. The van der Waals surface area contributed by atoms with Crippen LogP contribution in [0.3, 0.4) is 0 Å². The van der Waals surface area contributed by atoms with Gasteiger partial charge in [-0.15, -0.1) is 0 Å². The van der Waals surface area contributed by atoms with Crippen LogP contribution < -0.4 is 5.73 Å². The molecule has 1 aliphatic heterocycles. The van der Waals surface area contributed by atoms with Gasteiger partial charge >= 0.3 is 0 Å². The largest absolute Gasteiger partial charge is 0.384 e. The Morgan fingerprint density at radius 3 is 2.29 bits per heavy atom. The van der Waals surface area contributed by atoms with Crippen LogP contribution in [0.2, 0.25) is 0 Å². The standard InChI is InChI=1S/C23H36ClN3O/c1-2-3-4-5-6-7-8-9-10-12-19-14-16-20(17-15-19)23(28)27-18-11-13-21(27)22(25)26-24/h14-17,21H,2-13,18H2,1H3,(H2,25,26)/t21-/m0/s1. The number of unbranched alkanes of at least 4 members (excludes halogenated alkanes) is 8. The van der Waals surface area contributed by atoms with Gasteiger partial charge in [-0.2, -0.15) is 4.51 Å². The van der Waals surface area contributed by atoms with E-state index in [1.807, 2.05) is 12.1 Å². The van der Waals surface area contributed by atoms with E-state index in [9.17, 15) is 4.79 Å². The second-order valence-electron chi connectivity index (χ2n) is 7.94. The Morgan fingerprint density at radius 1 is 1.07 bits per heavy atom. The third-order valence-electron chi connectivity index (χ3n) is 5.72. The first-order valence-electron chi connectivity index (χ1n) is 11.0. The highest BCUT2D eigenvalue weighted by Gasteiger charge is 2.31. The van der Waals surface area contributed by atoms with Gasteiger partial charge in [-0.05, 0) is 43.4 Å². The van der Waals surface area contributed by atoms with Gasteiger partial charge < -0.3 is 10.6 Å². The lowest BCUT2D eigenvalue weighted by Gasteiger charge is -2.23. The highest BCUT2D eigenvalue weighted by Crippen LogP contribution is 2.21. The topological polar surface area (TPSA) is 58.7 Å². The number of hydrogen-bond donors (Lipinski definition) is 1. The van der Waals surface area contributed by atoms with E-state index in [-0.39, 0.29) is 11.9 Å². The normalized spacial score (nSPS) is 17.3. The van der Waals surface area contributed by atoms with Crippen molar-refractivity contribution in [1.29, 1.82) is 0 Å². The highest BCUT2D eigenvalue weighted by atomic mass is 35.5. The number of amides is 1. The summed E-state index contributed by atoms with van der Waals surface area (Å²) in [6.45, 7) is 2.97. The number of carbonyl (C=O) groups is 1. The molecule has 2 rings (SSSR count). The Hall–Kier alpha value is -1.55. The van der Waals surface area contributed by atoms with Crippen LogP contribution in [-0.4, -0.2) is 29.2 Å². The molecule has 1 aliphatic rings. The van der Waals surface area contributed by atoms with Gasteiger partial charge in [0.25, 0.3) is 5.91 Å². The molecule has 1 aromatic carbocycles. The van der Waals surface area contributed by atoms with Crippen LogP contribution in [0.4, 0.5) is 0 Å². The van der Waals surface area contributed by atoms with Crippen molar-refractivity contribution in [2.75, 3.05) is 6.54 Å². The smallest absolute Gasteiger partial charge is 0.254 e. The first kappa shape index (κ1) is 22.7. The van der Waals surface area contributed by atoms with Crippen molar-refractivity contribution in [2.45, 2.75) is 90.0 Å². The van der Waals surface area contributed by atoms with E-state index in [1.54, 1.807) is 4.90 Å². The summed E-state index contributed by atoms with van der Waals surface area (Å²) < 4.78 is 3.56. The molecule has 2 N–H and O–H groups in total. The summed E-state index contributed by atoms with van der Waals surface area (Å²) in [5.41, 5.74) is 7.87. The zero-order valence-corrected chi connectivity index (χ0v) is 18.1. The molecule has 4 nitrogen and oxygen atoms in total. The number of likely N-dealkylation sites (tertiary alicyclic amines) is 1. The summed E-state index contributed by atoms with van der Waals surface area (Å²) in [7, 11) is 0. The molecule has 0 spiro atoms. The van der Waals surface area contributed by atoms with Crippen LogP contribution in [-0.2, 0) is 6.42 Å².